The van der Waals surface area contributed by atoms with E-state index in [1.54, 1.807) is 24.4 Å². The van der Waals surface area contributed by atoms with Gasteiger partial charge in [0.1, 0.15) is 18.1 Å². The summed E-state index contributed by atoms with van der Waals surface area (Å²) < 4.78 is 0. The van der Waals surface area contributed by atoms with Crippen molar-refractivity contribution in [3.8, 4) is 36.5 Å². The van der Waals surface area contributed by atoms with E-state index >= 15 is 0 Å². The van der Waals surface area contributed by atoms with Gasteiger partial charge in [-0.15, -0.1) is 0 Å². The Hall–Kier alpha value is -2.52. The van der Waals surface area contributed by atoms with Gasteiger partial charge < -0.3 is 0 Å². The van der Waals surface area contributed by atoms with Crippen LogP contribution in [0.4, 0.5) is 0 Å². The maximum absolute atomic E-state index is 9.16. The molecule has 0 aliphatic carbocycles. The first kappa shape index (κ1) is 16.5. The SMILES string of the molecule is N#CC1C=CN(C#N)C(C#N)(C#N)C1(C#N)C#N.[Na]. The van der Waals surface area contributed by atoms with Crippen LogP contribution in [0.25, 0.3) is 0 Å². The minimum atomic E-state index is -2.33. The Morgan fingerprint density at radius 3 is 1.74 bits per heavy atom. The molecule has 0 amide bonds. The molecule has 0 saturated heterocycles. The smallest absolute Gasteiger partial charge is 0.251 e. The minimum Gasteiger partial charge on any atom is -0.251 e. The molecule has 1 rings (SSSR count). The number of hydrogen-bond donors (Lipinski definition) is 0. The van der Waals surface area contributed by atoms with E-state index < -0.39 is 16.9 Å². The average molecular weight is 256 g/mol. The summed E-state index contributed by atoms with van der Waals surface area (Å²) in [5.41, 5.74) is -4.57. The molecule has 0 fully saturated rings. The van der Waals surface area contributed by atoms with Gasteiger partial charge in [0.05, 0.1) is 18.2 Å². The van der Waals surface area contributed by atoms with Crippen LogP contribution in [0.2, 0.25) is 0 Å². The van der Waals surface area contributed by atoms with Gasteiger partial charge in [-0.05, 0) is 6.08 Å². The van der Waals surface area contributed by atoms with Gasteiger partial charge >= 0.3 is 0 Å². The first-order valence-corrected chi connectivity index (χ1v) is 4.54. The third-order valence-electron chi connectivity index (χ3n) is 2.75. The summed E-state index contributed by atoms with van der Waals surface area (Å²) in [6.07, 6.45) is 3.77. The first-order valence-electron chi connectivity index (χ1n) is 4.54. The van der Waals surface area contributed by atoms with E-state index in [1.807, 2.05) is 0 Å². The molecule has 8 heteroatoms. The van der Waals surface area contributed by atoms with Crippen LogP contribution in [0.1, 0.15) is 0 Å². The predicted molar refractivity (Wildman–Crippen MR) is 59.1 cm³/mol. The fourth-order valence-electron chi connectivity index (χ4n) is 1.73. The van der Waals surface area contributed by atoms with Crippen LogP contribution in [0.15, 0.2) is 12.3 Å². The summed E-state index contributed by atoms with van der Waals surface area (Å²) in [4.78, 5) is 0.618. The van der Waals surface area contributed by atoms with E-state index in [4.69, 9.17) is 31.6 Å². The van der Waals surface area contributed by atoms with Crippen molar-refractivity contribution in [1.29, 1.82) is 31.6 Å². The molecule has 7 nitrogen and oxygen atoms in total. The molecule has 0 saturated carbocycles. The topological polar surface area (TPSA) is 146 Å². The van der Waals surface area contributed by atoms with Gasteiger partial charge in [-0.25, -0.2) is 0 Å². The summed E-state index contributed by atoms with van der Waals surface area (Å²) in [6.45, 7) is 0. The first-order chi connectivity index (χ1) is 8.62. The van der Waals surface area contributed by atoms with E-state index in [0.717, 1.165) is 12.3 Å². The van der Waals surface area contributed by atoms with Crippen LogP contribution in [0.5, 0.6) is 0 Å². The molecule has 1 heterocycles. The third kappa shape index (κ3) is 1.80. The van der Waals surface area contributed by atoms with Crippen molar-refractivity contribution in [2.75, 3.05) is 0 Å². The molecule has 0 aromatic heterocycles. The van der Waals surface area contributed by atoms with E-state index in [0.29, 0.717) is 4.90 Å². The van der Waals surface area contributed by atoms with Gasteiger partial charge in [-0.2, -0.15) is 31.6 Å². The zero-order chi connectivity index (χ0) is 13.8. The Balaban J connectivity index is 0.00000324. The van der Waals surface area contributed by atoms with Crippen molar-refractivity contribution >= 4 is 29.6 Å². The van der Waals surface area contributed by atoms with Crippen LogP contribution in [0.3, 0.4) is 0 Å². The molecule has 83 valence electrons. The molecule has 0 bridgehead atoms. The summed E-state index contributed by atoms with van der Waals surface area (Å²) in [5.74, 6) is -1.27. The van der Waals surface area contributed by atoms with Gasteiger partial charge in [0.15, 0.2) is 6.19 Å². The second kappa shape index (κ2) is 5.89. The number of hydrogen-bond acceptors (Lipinski definition) is 7. The van der Waals surface area contributed by atoms with Gasteiger partial charge in [-0.3, -0.25) is 4.90 Å². The quantitative estimate of drug-likeness (QED) is 0.433. The van der Waals surface area contributed by atoms with Crippen LogP contribution >= 0.6 is 0 Å². The van der Waals surface area contributed by atoms with Gasteiger partial charge in [0, 0.05) is 35.8 Å². The largest absolute Gasteiger partial charge is 0.260 e. The van der Waals surface area contributed by atoms with Gasteiger partial charge in [0.25, 0.3) is 5.54 Å². The Bertz CT molecular complexity index is 566. The van der Waals surface area contributed by atoms with Crippen molar-refractivity contribution in [1.82, 2.24) is 4.90 Å². The summed E-state index contributed by atoms with van der Waals surface area (Å²) >= 11 is 0. The zero-order valence-corrected chi connectivity index (χ0v) is 11.9. The van der Waals surface area contributed by atoms with Crippen LogP contribution in [-0.2, 0) is 0 Å². The molecule has 0 spiro atoms. The van der Waals surface area contributed by atoms with E-state index in [9.17, 15) is 0 Å². The zero-order valence-electron chi connectivity index (χ0n) is 9.86. The third-order valence-corrected chi connectivity index (χ3v) is 2.75. The Labute approximate surface area is 131 Å². The van der Waals surface area contributed by atoms with Crippen LogP contribution < -0.4 is 0 Å². The molecule has 1 radical (unpaired) electrons. The van der Waals surface area contributed by atoms with Crippen LogP contribution in [-0.4, -0.2) is 40.0 Å². The number of nitriles is 6. The Morgan fingerprint density at radius 1 is 0.895 bits per heavy atom. The normalized spacial score (nSPS) is 20.9. The monoisotopic (exact) mass is 256 g/mol. The van der Waals surface area contributed by atoms with Crippen LogP contribution in [0, 0.1) is 79.4 Å². The maximum Gasteiger partial charge on any atom is 0.260 e. The van der Waals surface area contributed by atoms with Crippen molar-refractivity contribution in [3.05, 3.63) is 12.3 Å². The fourth-order valence-corrected chi connectivity index (χ4v) is 1.73. The number of nitrogens with zero attached hydrogens (tertiary/aromatic N) is 7. The summed E-state index contributed by atoms with van der Waals surface area (Å²) in [6, 6.07) is 7.84. The second-order valence-electron chi connectivity index (χ2n) is 3.38. The van der Waals surface area contributed by atoms with E-state index in [-0.39, 0.29) is 29.6 Å². The molecule has 0 aromatic carbocycles. The second-order valence-corrected chi connectivity index (χ2v) is 3.38. The molecule has 1 aliphatic rings. The molecule has 0 N–H and O–H groups in total. The van der Waals surface area contributed by atoms with Crippen molar-refractivity contribution in [2.24, 2.45) is 11.3 Å². The van der Waals surface area contributed by atoms with Crippen molar-refractivity contribution in [2.45, 2.75) is 5.54 Å². The van der Waals surface area contributed by atoms with Crippen molar-refractivity contribution in [3.63, 3.8) is 0 Å². The van der Waals surface area contributed by atoms with E-state index in [1.165, 1.54) is 12.1 Å². The molecule has 1 unspecified atom stereocenters. The minimum absolute atomic E-state index is 0. The number of allylic oxidation sites excluding steroid dienone is 1. The maximum atomic E-state index is 9.16. The standard InChI is InChI=1S/C11H3N7.Na/c12-3-9-1-2-18(8-17)11(6-15,7-16)10(9,4-13)5-14;/h1-2,9H;. The summed E-state index contributed by atoms with van der Waals surface area (Å²) in [5, 5.41) is 54.4. The molecule has 19 heavy (non-hydrogen) atoms. The van der Waals surface area contributed by atoms with E-state index in [2.05, 4.69) is 0 Å². The molecular weight excluding hydrogens is 253 g/mol. The molecule has 1 aliphatic heterocycles. The predicted octanol–water partition coefficient (Wildman–Crippen LogP) is -0.125. The van der Waals surface area contributed by atoms with Gasteiger partial charge in [0.2, 0.25) is 5.41 Å². The number of rotatable bonds is 0. The Morgan fingerprint density at radius 2 is 1.42 bits per heavy atom. The summed E-state index contributed by atoms with van der Waals surface area (Å²) in [7, 11) is 0. The average Bonchev–Trinajstić information content (AvgIpc) is 2.44. The molecule has 1 atom stereocenters. The molecule has 0 aromatic rings. The fraction of sp³-hybridized carbons (Fsp3) is 0.273. The molecular formula is C11H3N7Na. The van der Waals surface area contributed by atoms with Crippen molar-refractivity contribution < 1.29 is 0 Å². The Kier molecular flexibility index (Phi) is 5.11. The van der Waals surface area contributed by atoms with Gasteiger partial charge in [-0.1, -0.05) is 0 Å².